The summed E-state index contributed by atoms with van der Waals surface area (Å²) in [4.78, 5) is 0. The number of alkyl halides is 6. The van der Waals surface area contributed by atoms with Crippen LogP contribution in [0.1, 0.15) is 38.9 Å². The van der Waals surface area contributed by atoms with E-state index >= 15 is 0 Å². The summed E-state index contributed by atoms with van der Waals surface area (Å²) in [5.74, 6) is 0. The van der Waals surface area contributed by atoms with Crippen LogP contribution in [-0.4, -0.2) is 9.13 Å². The summed E-state index contributed by atoms with van der Waals surface area (Å²) in [5, 5.41) is 53.1. The highest BCUT2D eigenvalue weighted by atomic mass is 19.4. The molecule has 0 fully saturated rings. The van der Waals surface area contributed by atoms with Crippen LogP contribution in [0.25, 0.3) is 88.4 Å². The molecular weight excluding hydrogens is 873 g/mol. The average molecular weight is 898 g/mol. The van der Waals surface area contributed by atoms with Crippen molar-refractivity contribution in [2.24, 2.45) is 0 Å². The Labute approximate surface area is 382 Å². The molecular formula is C55H25F6N7. The molecule has 0 radical (unpaired) electrons. The zero-order valence-electron chi connectivity index (χ0n) is 34.8. The van der Waals surface area contributed by atoms with E-state index in [1.165, 1.54) is 24.3 Å². The molecule has 10 rings (SSSR count). The summed E-state index contributed by atoms with van der Waals surface area (Å²) in [6, 6.07) is 49.2. The number of hydrogen-bond donors (Lipinski definition) is 0. The molecule has 2 heterocycles. The van der Waals surface area contributed by atoms with Crippen LogP contribution in [0.2, 0.25) is 0 Å². The van der Waals surface area contributed by atoms with E-state index in [-0.39, 0.29) is 50.8 Å². The van der Waals surface area contributed by atoms with E-state index in [0.717, 1.165) is 5.39 Å². The van der Waals surface area contributed by atoms with Gasteiger partial charge in [0.2, 0.25) is 0 Å². The van der Waals surface area contributed by atoms with Crippen LogP contribution < -0.4 is 0 Å². The zero-order valence-corrected chi connectivity index (χ0v) is 34.8. The third-order valence-electron chi connectivity index (χ3n) is 12.1. The maximum atomic E-state index is 14.7. The second-order valence-electron chi connectivity index (χ2n) is 15.9. The molecule has 2 aromatic heterocycles. The Morgan fingerprint density at radius 3 is 1.22 bits per heavy atom. The summed E-state index contributed by atoms with van der Waals surface area (Å²) in [5.41, 5.74) is 1.69. The summed E-state index contributed by atoms with van der Waals surface area (Å²) in [6.07, 6.45) is -10.4. The molecule has 13 heteroatoms. The van der Waals surface area contributed by atoms with Gasteiger partial charge in [0.25, 0.3) is 0 Å². The number of rotatable bonds is 5. The second kappa shape index (κ2) is 15.8. The van der Waals surface area contributed by atoms with Gasteiger partial charge in [0.15, 0.2) is 0 Å². The van der Waals surface area contributed by atoms with Crippen LogP contribution in [0.5, 0.6) is 0 Å². The highest BCUT2D eigenvalue weighted by Gasteiger charge is 2.37. The molecule has 0 saturated carbocycles. The topological polar surface area (TPSA) is 129 Å². The van der Waals surface area contributed by atoms with Gasteiger partial charge in [0.05, 0.1) is 96.7 Å². The van der Waals surface area contributed by atoms with Crippen molar-refractivity contribution in [3.63, 3.8) is 0 Å². The Balaban J connectivity index is 1.34. The van der Waals surface area contributed by atoms with Crippen molar-refractivity contribution in [3.05, 3.63) is 191 Å². The van der Waals surface area contributed by atoms with Gasteiger partial charge in [-0.25, -0.2) is 0 Å². The normalized spacial score (nSPS) is 11.6. The maximum Gasteiger partial charge on any atom is 0.416 e. The minimum Gasteiger partial charge on any atom is -0.309 e. The van der Waals surface area contributed by atoms with Crippen molar-refractivity contribution in [3.8, 4) is 75.1 Å². The van der Waals surface area contributed by atoms with Gasteiger partial charge in [0, 0.05) is 27.1 Å². The number of para-hydroxylation sites is 2. The Kier molecular flexibility index (Phi) is 9.85. The van der Waals surface area contributed by atoms with Gasteiger partial charge in [0.1, 0.15) is 6.07 Å². The molecule has 322 valence electrons. The maximum absolute atomic E-state index is 14.7. The Bertz CT molecular complexity index is 3990. The van der Waals surface area contributed by atoms with E-state index in [4.69, 9.17) is 0 Å². The standard InChI is InChI=1S/C55H25F6N7/c56-54(57,58)39-19-35(20-40(24-39)55(59,60)61)47-25-50(67-48-7-3-1-5-43(48)45-15-11-33(21-51(45)67)41-13-9-31(26-62)17-36(41)28-64)38(30-66)23-53(47)68-49-8-4-2-6-44(49)46-16-12-34(22-52(46)68)42-14-10-32(27-63)18-37(42)29-65/h1-25H. The number of nitrogens with zero attached hydrogens (tertiary/aromatic N) is 7. The number of aromatic nitrogens is 2. The summed E-state index contributed by atoms with van der Waals surface area (Å²) in [7, 11) is 0. The quantitative estimate of drug-likeness (QED) is 0.159. The molecule has 0 atom stereocenters. The number of benzene rings is 8. The SMILES string of the molecule is N#Cc1ccc(-c2ccc3c4ccccc4n(-c4cc(-c5cc(C(F)(F)F)cc(C(F)(F)F)c5)c(-n5c6ccccc6c6ccc(-c7ccc(C#N)cc7C#N)cc65)cc4C#N)c3c2)c(C#N)c1. The molecule has 0 aliphatic rings. The molecule has 0 amide bonds. The van der Waals surface area contributed by atoms with Crippen molar-refractivity contribution in [2.75, 3.05) is 0 Å². The minimum atomic E-state index is -5.19. The predicted molar refractivity (Wildman–Crippen MR) is 245 cm³/mol. The summed E-state index contributed by atoms with van der Waals surface area (Å²) in [6.45, 7) is 0. The van der Waals surface area contributed by atoms with Crippen molar-refractivity contribution >= 4 is 43.6 Å². The van der Waals surface area contributed by atoms with Crippen molar-refractivity contribution in [1.29, 1.82) is 26.3 Å². The van der Waals surface area contributed by atoms with Gasteiger partial charge in [-0.1, -0.05) is 72.8 Å². The van der Waals surface area contributed by atoms with Crippen LogP contribution >= 0.6 is 0 Å². The Morgan fingerprint density at radius 2 is 0.779 bits per heavy atom. The van der Waals surface area contributed by atoms with Gasteiger partial charge >= 0.3 is 12.4 Å². The monoisotopic (exact) mass is 897 g/mol. The number of halogens is 6. The van der Waals surface area contributed by atoms with E-state index in [1.807, 2.05) is 36.4 Å². The largest absolute Gasteiger partial charge is 0.416 e. The van der Waals surface area contributed by atoms with E-state index in [1.54, 1.807) is 94.1 Å². The second-order valence-corrected chi connectivity index (χ2v) is 15.9. The first-order valence-electron chi connectivity index (χ1n) is 20.6. The number of hydrogen-bond acceptors (Lipinski definition) is 5. The fourth-order valence-corrected chi connectivity index (χ4v) is 9.09. The molecule has 0 unspecified atom stereocenters. The first kappa shape index (κ1) is 42.3. The van der Waals surface area contributed by atoms with Crippen LogP contribution in [0.3, 0.4) is 0 Å². The molecule has 0 spiro atoms. The first-order chi connectivity index (χ1) is 32.7. The Morgan fingerprint density at radius 1 is 0.338 bits per heavy atom. The molecule has 68 heavy (non-hydrogen) atoms. The highest BCUT2D eigenvalue weighted by molar-refractivity contribution is 6.12. The van der Waals surface area contributed by atoms with E-state index in [2.05, 4.69) is 18.2 Å². The van der Waals surface area contributed by atoms with E-state index in [0.29, 0.717) is 72.6 Å². The van der Waals surface area contributed by atoms with Gasteiger partial charge in [-0.2, -0.15) is 52.7 Å². The molecule has 8 aromatic carbocycles. The van der Waals surface area contributed by atoms with Crippen molar-refractivity contribution in [2.45, 2.75) is 12.4 Å². The minimum absolute atomic E-state index is 0.0110. The smallest absolute Gasteiger partial charge is 0.309 e. The number of nitriles is 5. The first-order valence-corrected chi connectivity index (χ1v) is 20.6. The molecule has 0 aliphatic carbocycles. The van der Waals surface area contributed by atoms with Gasteiger partial charge in [-0.15, -0.1) is 0 Å². The molecule has 7 nitrogen and oxygen atoms in total. The van der Waals surface area contributed by atoms with E-state index < -0.39 is 29.0 Å². The molecule has 0 saturated heterocycles. The van der Waals surface area contributed by atoms with Crippen LogP contribution in [0, 0.1) is 56.7 Å². The van der Waals surface area contributed by atoms with E-state index in [9.17, 15) is 52.7 Å². The van der Waals surface area contributed by atoms with Gasteiger partial charge < -0.3 is 9.13 Å². The van der Waals surface area contributed by atoms with Gasteiger partial charge in [-0.05, 0) is 107 Å². The van der Waals surface area contributed by atoms with Crippen molar-refractivity contribution in [1.82, 2.24) is 9.13 Å². The fourth-order valence-electron chi connectivity index (χ4n) is 9.09. The lowest BCUT2D eigenvalue weighted by atomic mass is 9.95. The van der Waals surface area contributed by atoms with Crippen LogP contribution in [0.4, 0.5) is 26.3 Å². The lowest BCUT2D eigenvalue weighted by Gasteiger charge is -2.21. The molecule has 0 bridgehead atoms. The summed E-state index contributed by atoms with van der Waals surface area (Å²) < 4.78 is 91.7. The highest BCUT2D eigenvalue weighted by Crippen LogP contribution is 2.45. The molecule has 10 aromatic rings. The van der Waals surface area contributed by atoms with Gasteiger partial charge in [-0.3, -0.25) is 0 Å². The molecule has 0 aliphatic heterocycles. The lowest BCUT2D eigenvalue weighted by molar-refractivity contribution is -0.143. The van der Waals surface area contributed by atoms with Crippen LogP contribution in [-0.2, 0) is 12.4 Å². The predicted octanol–water partition coefficient (Wildman–Crippen LogP) is 14.3. The van der Waals surface area contributed by atoms with Crippen LogP contribution in [0.15, 0.2) is 152 Å². The Hall–Kier alpha value is -9.61. The average Bonchev–Trinajstić information content (AvgIpc) is 3.86. The third-order valence-corrected chi connectivity index (χ3v) is 12.1. The zero-order chi connectivity index (χ0) is 47.6. The third kappa shape index (κ3) is 6.90. The number of fused-ring (bicyclic) bond motifs is 6. The lowest BCUT2D eigenvalue weighted by Crippen LogP contribution is -2.11. The van der Waals surface area contributed by atoms with Crippen molar-refractivity contribution < 1.29 is 26.3 Å². The molecule has 0 N–H and O–H groups in total. The fraction of sp³-hybridized carbons (Fsp3) is 0.0364. The summed E-state index contributed by atoms with van der Waals surface area (Å²) >= 11 is 0.